The minimum atomic E-state index is -0.491. The minimum Gasteiger partial charge on any atom is -0.506 e. The van der Waals surface area contributed by atoms with Crippen molar-refractivity contribution in [3.63, 3.8) is 0 Å². The molecule has 0 saturated carbocycles. The number of aromatic hydroxyl groups is 1. The van der Waals surface area contributed by atoms with E-state index in [-0.39, 0.29) is 11.7 Å². The number of pyridine rings is 1. The van der Waals surface area contributed by atoms with Crippen LogP contribution in [0.4, 0.5) is 5.69 Å². The highest BCUT2D eigenvalue weighted by Gasteiger charge is 2.34. The third-order valence-electron chi connectivity index (χ3n) is 4.41. The molecule has 2 aromatic carbocycles. The Morgan fingerprint density at radius 1 is 1.12 bits per heavy atom. The second kappa shape index (κ2) is 6.80. The topological polar surface area (TPSA) is 65.5 Å². The molecule has 1 aliphatic heterocycles. The lowest BCUT2D eigenvalue weighted by molar-refractivity contribution is 0.0664. The Hall–Kier alpha value is -2.86. The molecule has 0 unspecified atom stereocenters. The first-order valence-electron chi connectivity index (χ1n) is 8.18. The summed E-state index contributed by atoms with van der Waals surface area (Å²) in [4.78, 5) is 19.0. The summed E-state index contributed by atoms with van der Waals surface area (Å²) in [6.07, 6.45) is 2.95. The molecule has 0 fully saturated rings. The number of nitrogens with zero attached hydrogens (tertiary/aromatic N) is 2. The Morgan fingerprint density at radius 2 is 1.96 bits per heavy atom. The number of rotatable bonds is 3. The number of anilines is 1. The largest absolute Gasteiger partial charge is 0.506 e. The Labute approximate surface area is 159 Å². The molecular formula is C20H16BrN3O2. The molecule has 0 aliphatic carbocycles. The number of amides is 1. The first-order valence-corrected chi connectivity index (χ1v) is 8.97. The Bertz CT molecular complexity index is 962. The van der Waals surface area contributed by atoms with Gasteiger partial charge in [0.05, 0.1) is 10.0 Å². The van der Waals surface area contributed by atoms with E-state index in [4.69, 9.17) is 0 Å². The fraction of sp³-hybridized carbons (Fsp3) is 0.100. The number of fused-ring (bicyclic) bond motifs is 1. The van der Waals surface area contributed by atoms with Crippen LogP contribution in [0.15, 0.2) is 71.5 Å². The fourth-order valence-corrected chi connectivity index (χ4v) is 3.52. The van der Waals surface area contributed by atoms with Crippen molar-refractivity contribution >= 4 is 27.5 Å². The number of carbonyl (C=O) groups is 1. The monoisotopic (exact) mass is 409 g/mol. The molecule has 1 aromatic heterocycles. The molecule has 0 radical (unpaired) electrons. The third kappa shape index (κ3) is 2.93. The molecule has 0 spiro atoms. The molecule has 130 valence electrons. The van der Waals surface area contributed by atoms with Crippen LogP contribution in [0.2, 0.25) is 0 Å². The number of hydrogen-bond acceptors (Lipinski definition) is 4. The summed E-state index contributed by atoms with van der Waals surface area (Å²) in [5.74, 6) is 0.0287. The number of phenolic OH excluding ortho intramolecular Hbond substituents is 1. The number of carbonyl (C=O) groups excluding carboxylic acids is 1. The Balaban J connectivity index is 1.81. The summed E-state index contributed by atoms with van der Waals surface area (Å²) in [7, 11) is 0. The van der Waals surface area contributed by atoms with Crippen molar-refractivity contribution in [2.75, 3.05) is 5.32 Å². The molecule has 1 aliphatic rings. The van der Waals surface area contributed by atoms with Crippen molar-refractivity contribution in [2.24, 2.45) is 0 Å². The number of hydrogen-bond donors (Lipinski definition) is 2. The molecule has 4 rings (SSSR count). The first-order chi connectivity index (χ1) is 12.6. The number of nitrogens with one attached hydrogen (secondary N) is 1. The highest BCUT2D eigenvalue weighted by Crippen LogP contribution is 2.39. The zero-order valence-electron chi connectivity index (χ0n) is 13.8. The minimum absolute atomic E-state index is 0.0902. The van der Waals surface area contributed by atoms with Gasteiger partial charge in [-0.2, -0.15) is 0 Å². The van der Waals surface area contributed by atoms with Gasteiger partial charge in [0.25, 0.3) is 5.91 Å². The molecular weight excluding hydrogens is 394 g/mol. The quantitative estimate of drug-likeness (QED) is 0.675. The van der Waals surface area contributed by atoms with Crippen LogP contribution in [0.5, 0.6) is 5.75 Å². The van der Waals surface area contributed by atoms with Gasteiger partial charge in [-0.3, -0.25) is 9.78 Å². The van der Waals surface area contributed by atoms with Crippen LogP contribution < -0.4 is 5.32 Å². The van der Waals surface area contributed by atoms with E-state index < -0.39 is 6.17 Å². The summed E-state index contributed by atoms with van der Waals surface area (Å²) in [6, 6.07) is 16.6. The molecule has 26 heavy (non-hydrogen) atoms. The van der Waals surface area contributed by atoms with Crippen molar-refractivity contribution in [2.45, 2.75) is 12.7 Å². The summed E-state index contributed by atoms with van der Waals surface area (Å²) in [6.45, 7) is 0.380. The van der Waals surface area contributed by atoms with Crippen LogP contribution in [0, 0.1) is 0 Å². The van der Waals surface area contributed by atoms with Crippen LogP contribution in [0.3, 0.4) is 0 Å². The number of para-hydroxylation sites is 2. The molecule has 1 amide bonds. The van der Waals surface area contributed by atoms with E-state index >= 15 is 0 Å². The van der Waals surface area contributed by atoms with E-state index in [1.807, 2.05) is 42.5 Å². The third-order valence-corrected chi connectivity index (χ3v) is 5.05. The molecule has 2 heterocycles. The van der Waals surface area contributed by atoms with E-state index in [0.717, 1.165) is 11.3 Å². The van der Waals surface area contributed by atoms with Crippen LogP contribution in [0.1, 0.15) is 27.7 Å². The Morgan fingerprint density at radius 3 is 2.77 bits per heavy atom. The second-order valence-corrected chi connectivity index (χ2v) is 6.92. The van der Waals surface area contributed by atoms with Crippen molar-refractivity contribution in [1.29, 1.82) is 0 Å². The highest BCUT2D eigenvalue weighted by atomic mass is 79.9. The van der Waals surface area contributed by atoms with Gasteiger partial charge in [0.1, 0.15) is 11.9 Å². The van der Waals surface area contributed by atoms with Gasteiger partial charge in [0.15, 0.2) is 0 Å². The van der Waals surface area contributed by atoms with Gasteiger partial charge in [0.2, 0.25) is 0 Å². The normalized spacial score (nSPS) is 16.1. The number of aromatic nitrogens is 1. The Kier molecular flexibility index (Phi) is 4.34. The summed E-state index contributed by atoms with van der Waals surface area (Å²) < 4.78 is 0.587. The van der Waals surface area contributed by atoms with Gasteiger partial charge in [-0.05, 0) is 45.8 Å². The average molecular weight is 410 g/mol. The average Bonchev–Trinajstić information content (AvgIpc) is 2.67. The number of halogens is 1. The van der Waals surface area contributed by atoms with Gasteiger partial charge >= 0.3 is 0 Å². The van der Waals surface area contributed by atoms with Crippen LogP contribution in [0.25, 0.3) is 0 Å². The fourth-order valence-electron chi connectivity index (χ4n) is 3.14. The zero-order chi connectivity index (χ0) is 18.1. The summed E-state index contributed by atoms with van der Waals surface area (Å²) >= 11 is 3.36. The smallest absolute Gasteiger partial charge is 0.258 e. The maximum absolute atomic E-state index is 13.2. The lowest BCUT2D eigenvalue weighted by Crippen LogP contribution is -2.42. The number of benzene rings is 2. The SMILES string of the molecule is O=C1c2ccccc2N[C@@H](c2cccc(Br)c2O)N1Cc1cccnc1. The predicted molar refractivity (Wildman–Crippen MR) is 103 cm³/mol. The molecule has 1 atom stereocenters. The van der Waals surface area contributed by atoms with Gasteiger partial charge in [-0.1, -0.05) is 30.3 Å². The highest BCUT2D eigenvalue weighted by molar-refractivity contribution is 9.10. The van der Waals surface area contributed by atoms with E-state index in [0.29, 0.717) is 22.1 Å². The summed E-state index contributed by atoms with van der Waals surface area (Å²) in [5, 5.41) is 13.9. The van der Waals surface area contributed by atoms with Crippen molar-refractivity contribution in [3.05, 3.63) is 88.2 Å². The van der Waals surface area contributed by atoms with E-state index in [2.05, 4.69) is 26.2 Å². The zero-order valence-corrected chi connectivity index (χ0v) is 15.3. The van der Waals surface area contributed by atoms with Crippen molar-refractivity contribution in [3.8, 4) is 5.75 Å². The summed E-state index contributed by atoms with van der Waals surface area (Å²) in [5.41, 5.74) is 2.92. The lowest BCUT2D eigenvalue weighted by atomic mass is 10.0. The molecule has 6 heteroatoms. The standard InChI is InChI=1S/C20H16BrN3O2/c21-16-8-3-7-15(18(16)25)19-23-17-9-2-1-6-14(17)20(26)24(19)12-13-5-4-10-22-11-13/h1-11,19,23,25H,12H2/t19-/m1/s1. The van der Waals surface area contributed by atoms with Crippen molar-refractivity contribution in [1.82, 2.24) is 9.88 Å². The van der Waals surface area contributed by atoms with E-state index in [1.54, 1.807) is 29.4 Å². The van der Waals surface area contributed by atoms with Gasteiger partial charge in [-0.15, -0.1) is 0 Å². The number of phenols is 1. The maximum Gasteiger partial charge on any atom is 0.258 e. The van der Waals surface area contributed by atoms with E-state index in [9.17, 15) is 9.90 Å². The van der Waals surface area contributed by atoms with Crippen LogP contribution in [-0.2, 0) is 6.54 Å². The maximum atomic E-state index is 13.2. The van der Waals surface area contributed by atoms with Crippen molar-refractivity contribution < 1.29 is 9.90 Å². The lowest BCUT2D eigenvalue weighted by Gasteiger charge is -2.38. The molecule has 0 saturated heterocycles. The molecule has 2 N–H and O–H groups in total. The van der Waals surface area contributed by atoms with Gasteiger partial charge < -0.3 is 15.3 Å². The molecule has 3 aromatic rings. The predicted octanol–water partition coefficient (Wildman–Crippen LogP) is 4.32. The first kappa shape index (κ1) is 16.6. The second-order valence-electron chi connectivity index (χ2n) is 6.06. The molecule has 0 bridgehead atoms. The van der Waals surface area contributed by atoms with Gasteiger partial charge in [-0.25, -0.2) is 0 Å². The van der Waals surface area contributed by atoms with Gasteiger partial charge in [0, 0.05) is 30.2 Å². The van der Waals surface area contributed by atoms with E-state index in [1.165, 1.54) is 0 Å². The van der Waals surface area contributed by atoms with Crippen LogP contribution >= 0.6 is 15.9 Å². The molecule has 5 nitrogen and oxygen atoms in total. The van der Waals surface area contributed by atoms with Crippen LogP contribution in [-0.4, -0.2) is 20.9 Å².